The van der Waals surface area contributed by atoms with Gasteiger partial charge < -0.3 is 24.3 Å². The molecule has 34 heavy (non-hydrogen) atoms. The molecular weight excluding hydrogens is 450 g/mol. The van der Waals surface area contributed by atoms with Gasteiger partial charge in [-0.2, -0.15) is 0 Å². The Morgan fingerprint density at radius 2 is 1.82 bits per heavy atom. The van der Waals surface area contributed by atoms with Crippen molar-refractivity contribution in [1.82, 2.24) is 0 Å². The minimum Gasteiger partial charge on any atom is -0.439 e. The van der Waals surface area contributed by atoms with Gasteiger partial charge >= 0.3 is 0 Å². The van der Waals surface area contributed by atoms with E-state index in [9.17, 15) is 9.59 Å². The minimum atomic E-state index is -0.182. The Balaban J connectivity index is 1.43. The third kappa shape index (κ3) is 4.42. The first-order valence-corrected chi connectivity index (χ1v) is 11.9. The number of thiophene rings is 1. The fourth-order valence-corrected chi connectivity index (χ4v) is 4.86. The molecule has 174 valence electrons. The van der Waals surface area contributed by atoms with Crippen LogP contribution in [0.15, 0.2) is 69.2 Å². The van der Waals surface area contributed by atoms with E-state index in [0.717, 1.165) is 16.8 Å². The summed E-state index contributed by atoms with van der Waals surface area (Å²) in [6.45, 7) is 2.59. The monoisotopic (exact) mass is 475 g/mol. The zero-order valence-corrected chi connectivity index (χ0v) is 19.9. The molecule has 2 aromatic carbocycles. The van der Waals surface area contributed by atoms with E-state index in [0.29, 0.717) is 53.7 Å². The van der Waals surface area contributed by atoms with Gasteiger partial charge in [0.2, 0.25) is 5.43 Å². The van der Waals surface area contributed by atoms with Crippen LogP contribution >= 0.6 is 11.3 Å². The largest absolute Gasteiger partial charge is 0.439 e. The Hall–Kier alpha value is -3.62. The number of hydrogen-bond donors (Lipinski definition) is 1. The lowest BCUT2D eigenvalue weighted by Crippen LogP contribution is -2.36. The highest BCUT2D eigenvalue weighted by Gasteiger charge is 2.19. The molecule has 1 N–H and O–H groups in total. The van der Waals surface area contributed by atoms with E-state index in [1.807, 2.05) is 77.8 Å². The molecule has 0 saturated carbocycles. The predicted octanol–water partition coefficient (Wildman–Crippen LogP) is 4.68. The topological polar surface area (TPSA) is 75.0 Å². The number of morpholine rings is 1. The van der Waals surface area contributed by atoms with Gasteiger partial charge in [-0.25, -0.2) is 0 Å². The quantitative estimate of drug-likeness (QED) is 0.452. The third-order valence-corrected chi connectivity index (χ3v) is 6.81. The second-order valence-corrected chi connectivity index (χ2v) is 9.21. The molecule has 1 saturated heterocycles. The van der Waals surface area contributed by atoms with Gasteiger partial charge in [0.05, 0.1) is 13.2 Å². The standard InChI is InChI=1S/C26H25N3O4S/c1-28(2)20-8-6-17(7-9-20)26(31)27-19-5-3-4-18(14-19)21-16-34-25-22(30)15-23(33-24(21)25)29-10-12-32-13-11-29/h3-9,14-16H,10-13H2,1-2H3,(H,27,31). The number of ether oxygens (including phenoxy) is 1. The van der Waals surface area contributed by atoms with Crippen LogP contribution in [-0.4, -0.2) is 46.3 Å². The summed E-state index contributed by atoms with van der Waals surface area (Å²) in [5.41, 5.74) is 4.50. The van der Waals surface area contributed by atoms with Gasteiger partial charge in [-0.15, -0.1) is 11.3 Å². The molecule has 1 aliphatic heterocycles. The normalized spacial score (nSPS) is 13.8. The second-order valence-electron chi connectivity index (χ2n) is 8.33. The van der Waals surface area contributed by atoms with Crippen LogP contribution in [0, 0.1) is 0 Å². The molecule has 5 rings (SSSR count). The van der Waals surface area contributed by atoms with E-state index in [1.54, 1.807) is 6.07 Å². The van der Waals surface area contributed by atoms with Gasteiger partial charge in [-0.3, -0.25) is 9.59 Å². The van der Waals surface area contributed by atoms with Crippen LogP contribution in [0.2, 0.25) is 0 Å². The fraction of sp³-hybridized carbons (Fsp3) is 0.231. The Morgan fingerprint density at radius 1 is 1.06 bits per heavy atom. The maximum atomic E-state index is 12.8. The first kappa shape index (κ1) is 22.2. The van der Waals surface area contributed by atoms with Gasteiger partial charge in [0.25, 0.3) is 5.91 Å². The summed E-state index contributed by atoms with van der Waals surface area (Å²) in [5, 5.41) is 4.90. The van der Waals surface area contributed by atoms with Crippen LogP contribution in [0.5, 0.6) is 0 Å². The Morgan fingerprint density at radius 3 is 2.56 bits per heavy atom. The van der Waals surface area contributed by atoms with E-state index < -0.39 is 0 Å². The molecule has 1 amide bonds. The molecule has 0 bridgehead atoms. The number of nitrogens with zero attached hydrogens (tertiary/aromatic N) is 2. The third-order valence-electron chi connectivity index (χ3n) is 5.83. The maximum absolute atomic E-state index is 12.8. The summed E-state index contributed by atoms with van der Waals surface area (Å²) < 4.78 is 12.2. The van der Waals surface area contributed by atoms with Gasteiger partial charge in [-0.05, 0) is 42.0 Å². The number of hydrogen-bond acceptors (Lipinski definition) is 7. The van der Waals surface area contributed by atoms with Crippen LogP contribution in [0.1, 0.15) is 10.4 Å². The zero-order valence-electron chi connectivity index (χ0n) is 19.0. The molecule has 1 aliphatic rings. The fourth-order valence-electron chi connectivity index (χ4n) is 3.95. The Bertz CT molecular complexity index is 1390. The molecule has 4 aromatic rings. The number of rotatable bonds is 5. The maximum Gasteiger partial charge on any atom is 0.255 e. The summed E-state index contributed by atoms with van der Waals surface area (Å²) in [6.07, 6.45) is 0. The number of carbonyl (C=O) groups is 1. The number of fused-ring (bicyclic) bond motifs is 1. The summed E-state index contributed by atoms with van der Waals surface area (Å²) in [5.74, 6) is 0.379. The highest BCUT2D eigenvalue weighted by molar-refractivity contribution is 7.17. The first-order chi connectivity index (χ1) is 16.5. The van der Waals surface area contributed by atoms with Crippen molar-refractivity contribution < 1.29 is 13.9 Å². The smallest absolute Gasteiger partial charge is 0.255 e. The highest BCUT2D eigenvalue weighted by Crippen LogP contribution is 2.35. The van der Waals surface area contributed by atoms with Gasteiger partial charge in [0, 0.05) is 61.1 Å². The van der Waals surface area contributed by atoms with Crippen LogP contribution in [0.3, 0.4) is 0 Å². The summed E-state index contributed by atoms with van der Waals surface area (Å²) >= 11 is 1.37. The highest BCUT2D eigenvalue weighted by atomic mass is 32.1. The molecule has 0 atom stereocenters. The van der Waals surface area contributed by atoms with Crippen molar-refractivity contribution in [1.29, 1.82) is 0 Å². The van der Waals surface area contributed by atoms with Crippen molar-refractivity contribution in [3.8, 4) is 11.1 Å². The summed E-state index contributed by atoms with van der Waals surface area (Å²) in [4.78, 5) is 29.5. The number of nitrogens with one attached hydrogen (secondary N) is 1. The average molecular weight is 476 g/mol. The molecule has 8 heteroatoms. The molecule has 7 nitrogen and oxygen atoms in total. The van der Waals surface area contributed by atoms with Crippen molar-refractivity contribution in [2.24, 2.45) is 0 Å². The lowest BCUT2D eigenvalue weighted by Gasteiger charge is -2.27. The molecule has 2 aromatic heterocycles. The molecule has 0 aliphatic carbocycles. The van der Waals surface area contributed by atoms with E-state index in [4.69, 9.17) is 9.15 Å². The van der Waals surface area contributed by atoms with E-state index in [-0.39, 0.29) is 11.3 Å². The average Bonchev–Trinajstić information content (AvgIpc) is 3.29. The Labute approximate surface area is 201 Å². The van der Waals surface area contributed by atoms with Gasteiger partial charge in [0.15, 0.2) is 11.5 Å². The lowest BCUT2D eigenvalue weighted by molar-refractivity contribution is 0.102. The molecule has 3 heterocycles. The van der Waals surface area contributed by atoms with Crippen LogP contribution in [0.4, 0.5) is 17.3 Å². The zero-order chi connectivity index (χ0) is 23.7. The van der Waals surface area contributed by atoms with Gasteiger partial charge in [-0.1, -0.05) is 12.1 Å². The molecule has 0 spiro atoms. The predicted molar refractivity (Wildman–Crippen MR) is 138 cm³/mol. The number of anilines is 3. The first-order valence-electron chi connectivity index (χ1n) is 11.1. The van der Waals surface area contributed by atoms with Crippen molar-refractivity contribution in [3.63, 3.8) is 0 Å². The van der Waals surface area contributed by atoms with Crippen molar-refractivity contribution in [2.75, 3.05) is 55.5 Å². The Kier molecular flexibility index (Phi) is 6.08. The second kappa shape index (κ2) is 9.32. The summed E-state index contributed by atoms with van der Waals surface area (Å²) in [7, 11) is 3.92. The minimum absolute atomic E-state index is 0.0513. The van der Waals surface area contributed by atoms with Crippen molar-refractivity contribution in [3.05, 3.63) is 75.8 Å². The van der Waals surface area contributed by atoms with E-state index >= 15 is 0 Å². The number of benzene rings is 2. The van der Waals surface area contributed by atoms with Crippen molar-refractivity contribution in [2.45, 2.75) is 0 Å². The van der Waals surface area contributed by atoms with Gasteiger partial charge in [0.1, 0.15) is 4.70 Å². The molecular formula is C26H25N3O4S. The SMILES string of the molecule is CN(C)c1ccc(C(=O)Nc2cccc(-c3csc4c(=O)cc(N5CCOCC5)oc34)c2)cc1. The van der Waals surface area contributed by atoms with Crippen molar-refractivity contribution >= 4 is 44.8 Å². The number of amides is 1. The van der Waals surface area contributed by atoms with E-state index in [2.05, 4.69) is 5.32 Å². The van der Waals surface area contributed by atoms with Crippen LogP contribution < -0.4 is 20.5 Å². The van der Waals surface area contributed by atoms with E-state index in [1.165, 1.54) is 11.3 Å². The van der Waals surface area contributed by atoms with Crippen LogP contribution in [-0.2, 0) is 4.74 Å². The lowest BCUT2D eigenvalue weighted by atomic mass is 10.1. The summed E-state index contributed by atoms with van der Waals surface area (Å²) in [6, 6.07) is 16.6. The number of carbonyl (C=O) groups excluding carboxylic acids is 1. The molecule has 0 radical (unpaired) electrons. The molecule has 0 unspecified atom stereocenters. The molecule has 1 fully saturated rings. The van der Waals surface area contributed by atoms with Crippen LogP contribution in [0.25, 0.3) is 21.4 Å².